The Kier molecular flexibility index (Phi) is 7.17. The Morgan fingerprint density at radius 3 is 2.18 bits per heavy atom. The minimum atomic E-state index is 0. The van der Waals surface area contributed by atoms with Gasteiger partial charge in [0.05, 0.1) is 19.6 Å². The van der Waals surface area contributed by atoms with E-state index in [0.717, 1.165) is 6.54 Å². The van der Waals surface area contributed by atoms with Crippen LogP contribution < -0.4 is 12.4 Å². The average molecular weight is 254 g/mol. The predicted molar refractivity (Wildman–Crippen MR) is 72.1 cm³/mol. The largest absolute Gasteiger partial charge is 1.00 e. The van der Waals surface area contributed by atoms with Crippen LogP contribution in [0.3, 0.4) is 0 Å². The lowest BCUT2D eigenvalue weighted by Gasteiger charge is -2.36. The molecule has 0 aliphatic heterocycles. The monoisotopic (exact) mass is 253 g/mol. The Morgan fingerprint density at radius 2 is 1.71 bits per heavy atom. The Balaban J connectivity index is 0.00000256. The van der Waals surface area contributed by atoms with Crippen LogP contribution in [-0.4, -0.2) is 24.1 Å². The third kappa shape index (κ3) is 4.18. The van der Waals surface area contributed by atoms with Crippen molar-refractivity contribution in [2.45, 2.75) is 27.3 Å². The average Bonchev–Trinajstić information content (AvgIpc) is 2.36. The molecular weight excluding hydrogens is 230 g/mol. The summed E-state index contributed by atoms with van der Waals surface area (Å²) < 4.78 is 1.17. The molecule has 1 rings (SSSR count). The van der Waals surface area contributed by atoms with Crippen molar-refractivity contribution < 1.29 is 16.9 Å². The van der Waals surface area contributed by atoms with Crippen molar-refractivity contribution in [1.82, 2.24) is 0 Å². The van der Waals surface area contributed by atoms with E-state index in [1.807, 2.05) is 6.08 Å². The molecule has 1 nitrogen and oxygen atoms in total. The first-order valence-electron chi connectivity index (χ1n) is 6.26. The molecule has 1 aromatic carbocycles. The molecule has 0 heterocycles. The van der Waals surface area contributed by atoms with Crippen LogP contribution in [0.25, 0.3) is 6.08 Å². The molecule has 2 heteroatoms. The summed E-state index contributed by atoms with van der Waals surface area (Å²) in [4.78, 5) is 0. The number of hydrogen-bond acceptors (Lipinski definition) is 0. The molecule has 0 unspecified atom stereocenters. The Bertz CT molecular complexity index is 334. The van der Waals surface area contributed by atoms with Gasteiger partial charge in [0.1, 0.15) is 6.54 Å². The molecule has 0 fully saturated rings. The Labute approximate surface area is 112 Å². The van der Waals surface area contributed by atoms with Crippen molar-refractivity contribution in [1.29, 1.82) is 0 Å². The zero-order chi connectivity index (χ0) is 12.0. The fourth-order valence-corrected chi connectivity index (χ4v) is 2.21. The van der Waals surface area contributed by atoms with E-state index in [2.05, 4.69) is 51.6 Å². The number of quaternary nitrogens is 1. The van der Waals surface area contributed by atoms with E-state index in [1.54, 1.807) is 0 Å². The van der Waals surface area contributed by atoms with E-state index in [1.165, 1.54) is 35.2 Å². The highest BCUT2D eigenvalue weighted by Gasteiger charge is 2.20. The number of rotatable bonds is 6. The molecule has 0 saturated carbocycles. The van der Waals surface area contributed by atoms with E-state index in [9.17, 15) is 0 Å². The molecule has 0 aliphatic rings. The number of nitrogens with zero attached hydrogens (tertiary/aromatic N) is 1. The normalized spacial score (nSPS) is 10.8. The van der Waals surface area contributed by atoms with Crippen LogP contribution in [-0.2, 0) is 6.54 Å². The van der Waals surface area contributed by atoms with Crippen LogP contribution in [0.15, 0.2) is 30.8 Å². The van der Waals surface area contributed by atoms with Gasteiger partial charge in [-0.1, -0.05) is 30.9 Å². The lowest BCUT2D eigenvalue weighted by Crippen LogP contribution is -3.00. The summed E-state index contributed by atoms with van der Waals surface area (Å²) in [5.41, 5.74) is 2.64. The van der Waals surface area contributed by atoms with Gasteiger partial charge in [-0.25, -0.2) is 0 Å². The van der Waals surface area contributed by atoms with Gasteiger partial charge in [-0.05, 0) is 32.4 Å². The molecule has 0 amide bonds. The van der Waals surface area contributed by atoms with Gasteiger partial charge in [0, 0.05) is 5.56 Å². The molecule has 17 heavy (non-hydrogen) atoms. The van der Waals surface area contributed by atoms with Gasteiger partial charge >= 0.3 is 0 Å². The molecule has 0 aromatic heterocycles. The van der Waals surface area contributed by atoms with Gasteiger partial charge in [-0.2, -0.15) is 0 Å². The van der Waals surface area contributed by atoms with E-state index in [0.29, 0.717) is 0 Å². The van der Waals surface area contributed by atoms with Crippen molar-refractivity contribution >= 4 is 6.08 Å². The topological polar surface area (TPSA) is 0 Å². The molecule has 0 aliphatic carbocycles. The van der Waals surface area contributed by atoms with E-state index in [4.69, 9.17) is 0 Å². The minimum Gasteiger partial charge on any atom is -1.00 e. The molecule has 0 bridgehead atoms. The lowest BCUT2D eigenvalue weighted by atomic mass is 10.1. The zero-order valence-corrected chi connectivity index (χ0v) is 12.0. The molecule has 1 aromatic rings. The van der Waals surface area contributed by atoms with Crippen LogP contribution in [0.2, 0.25) is 0 Å². The van der Waals surface area contributed by atoms with Gasteiger partial charge in [-0.3, -0.25) is 0 Å². The third-order valence-electron chi connectivity index (χ3n) is 3.72. The van der Waals surface area contributed by atoms with Gasteiger partial charge < -0.3 is 16.9 Å². The van der Waals surface area contributed by atoms with Crippen molar-refractivity contribution in [3.63, 3.8) is 0 Å². The van der Waals surface area contributed by atoms with Crippen LogP contribution in [0.5, 0.6) is 0 Å². The first-order valence-corrected chi connectivity index (χ1v) is 6.26. The van der Waals surface area contributed by atoms with Crippen LogP contribution in [0, 0.1) is 0 Å². The minimum absolute atomic E-state index is 0. The van der Waals surface area contributed by atoms with Crippen molar-refractivity contribution in [2.24, 2.45) is 0 Å². The maximum atomic E-state index is 3.82. The van der Waals surface area contributed by atoms with Crippen LogP contribution in [0.4, 0.5) is 0 Å². The van der Waals surface area contributed by atoms with Gasteiger partial charge in [0.25, 0.3) is 0 Å². The fourth-order valence-electron chi connectivity index (χ4n) is 2.21. The second-order valence-electron chi connectivity index (χ2n) is 4.40. The summed E-state index contributed by atoms with van der Waals surface area (Å²) in [7, 11) is 0. The quantitative estimate of drug-likeness (QED) is 0.656. The van der Waals surface area contributed by atoms with Gasteiger partial charge in [0.2, 0.25) is 0 Å². The number of hydrogen-bond donors (Lipinski definition) is 0. The maximum absolute atomic E-state index is 3.82. The standard InChI is InChI=1S/C15H24N.ClH/c1-5-14-10-9-11-15(12-14)13-16(6-2,7-3)8-4;/h5,9-12H,1,6-8,13H2,2-4H3;1H/q+1;/p-1. The first-order chi connectivity index (χ1) is 7.69. The molecule has 0 N–H and O–H groups in total. The molecule has 0 saturated heterocycles. The number of benzene rings is 1. The lowest BCUT2D eigenvalue weighted by molar-refractivity contribution is -0.936. The SMILES string of the molecule is C=Cc1cccc(C[N+](CC)(CC)CC)c1.[Cl-]. The predicted octanol–water partition coefficient (Wildman–Crippen LogP) is 0.710. The fraction of sp³-hybridized carbons (Fsp3) is 0.467. The summed E-state index contributed by atoms with van der Waals surface area (Å²) in [5, 5.41) is 0. The van der Waals surface area contributed by atoms with Crippen molar-refractivity contribution in [3.8, 4) is 0 Å². The summed E-state index contributed by atoms with van der Waals surface area (Å²) in [6.45, 7) is 15.4. The summed E-state index contributed by atoms with van der Waals surface area (Å²) in [6.07, 6.45) is 1.92. The van der Waals surface area contributed by atoms with E-state index in [-0.39, 0.29) is 12.4 Å². The molecule has 0 atom stereocenters. The Morgan fingerprint density at radius 1 is 1.12 bits per heavy atom. The zero-order valence-electron chi connectivity index (χ0n) is 11.2. The summed E-state index contributed by atoms with van der Waals surface area (Å²) in [5.74, 6) is 0. The highest BCUT2D eigenvalue weighted by molar-refractivity contribution is 5.47. The smallest absolute Gasteiger partial charge is 0.104 e. The van der Waals surface area contributed by atoms with Crippen LogP contribution >= 0.6 is 0 Å². The van der Waals surface area contributed by atoms with Crippen LogP contribution in [0.1, 0.15) is 31.9 Å². The van der Waals surface area contributed by atoms with E-state index < -0.39 is 0 Å². The van der Waals surface area contributed by atoms with Crippen molar-refractivity contribution in [3.05, 3.63) is 42.0 Å². The van der Waals surface area contributed by atoms with E-state index >= 15 is 0 Å². The van der Waals surface area contributed by atoms with Gasteiger partial charge in [0.15, 0.2) is 0 Å². The summed E-state index contributed by atoms with van der Waals surface area (Å²) >= 11 is 0. The third-order valence-corrected chi connectivity index (χ3v) is 3.72. The Hall–Kier alpha value is -0.790. The molecular formula is C15H24ClN. The maximum Gasteiger partial charge on any atom is 0.104 e. The summed E-state index contributed by atoms with van der Waals surface area (Å²) in [6, 6.07) is 8.71. The molecule has 0 spiro atoms. The second-order valence-corrected chi connectivity index (χ2v) is 4.40. The van der Waals surface area contributed by atoms with Gasteiger partial charge in [-0.15, -0.1) is 0 Å². The van der Waals surface area contributed by atoms with Crippen molar-refractivity contribution in [2.75, 3.05) is 19.6 Å². The highest BCUT2D eigenvalue weighted by Crippen LogP contribution is 2.15. The molecule has 0 radical (unpaired) electrons. The molecule has 96 valence electrons. The first kappa shape index (κ1) is 16.2. The second kappa shape index (κ2) is 7.52. The highest BCUT2D eigenvalue weighted by atomic mass is 35.5. The number of halogens is 1.